The van der Waals surface area contributed by atoms with Gasteiger partial charge < -0.3 is 24.0 Å². The zero-order valence-electron chi connectivity index (χ0n) is 35.7. The molecule has 2 atom stereocenters. The maximum absolute atomic E-state index is 12.6. The Morgan fingerprint density at radius 1 is 0.579 bits per heavy atom. The van der Waals surface area contributed by atoms with Crippen molar-refractivity contribution in [1.82, 2.24) is 0 Å². The molecule has 0 aliphatic heterocycles. The number of nitrogens with zero attached hydrogens (tertiary/aromatic N) is 1. The molecule has 0 aliphatic rings. The first-order chi connectivity index (χ1) is 27.5. The fourth-order valence-corrected chi connectivity index (χ4v) is 5.60. The molecule has 11 heteroatoms. The van der Waals surface area contributed by atoms with Gasteiger partial charge >= 0.3 is 19.8 Å². The first kappa shape index (κ1) is 53.9. The number of carbonyl (C=O) groups is 2. The van der Waals surface area contributed by atoms with E-state index >= 15 is 0 Å². The monoisotopic (exact) mass is 819 g/mol. The zero-order chi connectivity index (χ0) is 42.1. The number of allylic oxidation sites excluding steroid dienone is 16. The van der Waals surface area contributed by atoms with Crippen LogP contribution < -0.4 is 0 Å². The smallest absolute Gasteiger partial charge is 0.462 e. The SMILES string of the molecule is CC/C=C\C/C=C\C/C=C\C/C=C\CCCCC(=O)O[C@H](COC(=O)CCC/C=C\C/C=C\C/C=C\C/C=C\CCCCCO)COP(=O)(O)OCC[N+](C)(C)C. The Morgan fingerprint density at radius 3 is 1.53 bits per heavy atom. The van der Waals surface area contributed by atoms with Crippen LogP contribution in [0.3, 0.4) is 0 Å². The molecule has 0 aliphatic carbocycles. The van der Waals surface area contributed by atoms with E-state index < -0.39 is 32.5 Å². The summed E-state index contributed by atoms with van der Waals surface area (Å²) in [5.74, 6) is -0.940. The van der Waals surface area contributed by atoms with Crippen LogP contribution in [0.25, 0.3) is 0 Å². The summed E-state index contributed by atoms with van der Waals surface area (Å²) in [5.41, 5.74) is 0. The predicted molar refractivity (Wildman–Crippen MR) is 234 cm³/mol. The number of hydrogen-bond acceptors (Lipinski definition) is 8. The molecule has 0 radical (unpaired) electrons. The van der Waals surface area contributed by atoms with Crippen LogP contribution in [0, 0.1) is 0 Å². The average Bonchev–Trinajstić information content (AvgIpc) is 3.16. The number of hydrogen-bond donors (Lipinski definition) is 2. The summed E-state index contributed by atoms with van der Waals surface area (Å²) < 4.78 is 34.1. The van der Waals surface area contributed by atoms with Crippen LogP contribution in [-0.2, 0) is 32.7 Å². The lowest BCUT2D eigenvalue weighted by molar-refractivity contribution is -0.870. The second kappa shape index (κ2) is 38.4. The highest BCUT2D eigenvalue weighted by Gasteiger charge is 2.27. The van der Waals surface area contributed by atoms with Crippen LogP contribution >= 0.6 is 7.82 Å². The standard InChI is InChI=1S/C46H76NO9P/c1-5-6-7-8-9-10-11-12-16-20-23-26-29-32-35-38-46(50)56-44(43-55-57(51,52)54-41-39-47(2,3)4)42-53-45(49)37-34-31-28-25-22-19-17-14-13-15-18-21-24-27-30-33-36-40-48/h6-7,9-10,12-13,15-17,19,21,23-26,28,44,48H,5,8,11,14,18,20,22,27,29-43H2,1-4H3/p+1/b7-6-,10-9-,15-13-,16-12-,19-17-,24-21-,26-23-,28-25-/t44-/m1/s1. The molecule has 2 N–H and O–H groups in total. The van der Waals surface area contributed by atoms with Crippen molar-refractivity contribution in [2.75, 3.05) is 54.1 Å². The molecule has 0 spiro atoms. The number of unbranched alkanes of at least 4 members (excludes halogenated alkanes) is 6. The fraction of sp³-hybridized carbons (Fsp3) is 0.609. The van der Waals surface area contributed by atoms with E-state index in [2.05, 4.69) is 98.1 Å². The highest BCUT2D eigenvalue weighted by atomic mass is 31.2. The summed E-state index contributed by atoms with van der Waals surface area (Å²) in [4.78, 5) is 35.3. The average molecular weight is 819 g/mol. The first-order valence-corrected chi connectivity index (χ1v) is 22.6. The third-order valence-corrected chi connectivity index (χ3v) is 9.14. The molecule has 0 amide bonds. The van der Waals surface area contributed by atoms with Gasteiger partial charge in [-0.15, -0.1) is 0 Å². The number of quaternary nitrogens is 1. The van der Waals surface area contributed by atoms with Gasteiger partial charge in [0.15, 0.2) is 6.10 Å². The van der Waals surface area contributed by atoms with Gasteiger partial charge in [0.1, 0.15) is 19.8 Å². The lowest BCUT2D eigenvalue weighted by atomic mass is 10.2. The second-order valence-corrected chi connectivity index (χ2v) is 16.2. The van der Waals surface area contributed by atoms with Gasteiger partial charge in [-0.3, -0.25) is 18.6 Å². The normalized spacial score (nSPS) is 14.6. The number of phosphoric acid groups is 1. The fourth-order valence-electron chi connectivity index (χ4n) is 4.86. The minimum absolute atomic E-state index is 0.00465. The number of rotatable bonds is 37. The Kier molecular flexibility index (Phi) is 36.3. The molecule has 1 unspecified atom stereocenters. The summed E-state index contributed by atoms with van der Waals surface area (Å²) in [6.07, 6.45) is 47.7. The van der Waals surface area contributed by atoms with Gasteiger partial charge in [0.2, 0.25) is 0 Å². The topological polar surface area (TPSA) is 129 Å². The van der Waals surface area contributed by atoms with Gasteiger partial charge in [-0.1, -0.05) is 111 Å². The van der Waals surface area contributed by atoms with Crippen LogP contribution in [-0.4, -0.2) is 86.6 Å². The van der Waals surface area contributed by atoms with Crippen molar-refractivity contribution >= 4 is 19.8 Å². The molecule has 324 valence electrons. The van der Waals surface area contributed by atoms with Crippen molar-refractivity contribution in [2.45, 2.75) is 129 Å². The molecule has 0 fully saturated rings. The lowest BCUT2D eigenvalue weighted by Gasteiger charge is -2.24. The summed E-state index contributed by atoms with van der Waals surface area (Å²) in [7, 11) is 1.38. The van der Waals surface area contributed by atoms with E-state index in [1.165, 1.54) is 0 Å². The second-order valence-electron chi connectivity index (χ2n) is 14.7. The number of likely N-dealkylation sites (N-methyl/N-ethyl adjacent to an activating group) is 1. The number of aliphatic hydroxyl groups is 1. The Labute approximate surface area is 346 Å². The number of carbonyl (C=O) groups excluding carboxylic acids is 2. The number of esters is 2. The molecule has 0 aromatic carbocycles. The maximum Gasteiger partial charge on any atom is 0.472 e. The molecule has 0 saturated heterocycles. The minimum atomic E-state index is -4.41. The van der Waals surface area contributed by atoms with Crippen LogP contribution in [0.15, 0.2) is 97.2 Å². The van der Waals surface area contributed by atoms with Gasteiger partial charge in [-0.25, -0.2) is 4.57 Å². The molecule has 0 bridgehead atoms. The molecule has 57 heavy (non-hydrogen) atoms. The minimum Gasteiger partial charge on any atom is -0.462 e. The van der Waals surface area contributed by atoms with Crippen molar-refractivity contribution in [3.63, 3.8) is 0 Å². The molecule has 10 nitrogen and oxygen atoms in total. The number of phosphoric ester groups is 1. The summed E-state index contributed by atoms with van der Waals surface area (Å²) >= 11 is 0. The van der Waals surface area contributed by atoms with Gasteiger partial charge in [0, 0.05) is 19.4 Å². The highest BCUT2D eigenvalue weighted by Crippen LogP contribution is 2.43. The van der Waals surface area contributed by atoms with Crippen LogP contribution in [0.4, 0.5) is 0 Å². The number of ether oxygens (including phenoxy) is 2. The quantitative estimate of drug-likeness (QED) is 0.0207. The van der Waals surface area contributed by atoms with E-state index in [1.807, 2.05) is 27.2 Å². The third kappa shape index (κ3) is 42.3. The predicted octanol–water partition coefficient (Wildman–Crippen LogP) is 10.8. The molecule has 0 rings (SSSR count). The van der Waals surface area contributed by atoms with Crippen molar-refractivity contribution in [3.8, 4) is 0 Å². The van der Waals surface area contributed by atoms with E-state index in [0.29, 0.717) is 23.9 Å². The van der Waals surface area contributed by atoms with Crippen molar-refractivity contribution in [3.05, 3.63) is 97.2 Å². The third-order valence-electron chi connectivity index (χ3n) is 8.15. The van der Waals surface area contributed by atoms with Crippen molar-refractivity contribution < 1.29 is 47.2 Å². The van der Waals surface area contributed by atoms with E-state index in [-0.39, 0.29) is 32.7 Å². The van der Waals surface area contributed by atoms with E-state index in [9.17, 15) is 19.0 Å². The molecular weight excluding hydrogens is 741 g/mol. The van der Waals surface area contributed by atoms with E-state index in [0.717, 1.165) is 89.9 Å². The molecular formula is C46H77NO9P+. The Bertz CT molecular complexity index is 1290. The molecule has 0 aromatic rings. The highest BCUT2D eigenvalue weighted by molar-refractivity contribution is 7.47. The zero-order valence-corrected chi connectivity index (χ0v) is 36.6. The Morgan fingerprint density at radius 2 is 1.04 bits per heavy atom. The van der Waals surface area contributed by atoms with E-state index in [1.54, 1.807) is 0 Å². The maximum atomic E-state index is 12.6. The Hall–Kier alpha value is -3.11. The number of aliphatic hydroxyl groups excluding tert-OH is 1. The van der Waals surface area contributed by atoms with Gasteiger partial charge in [-0.2, -0.15) is 0 Å². The Balaban J connectivity index is 4.56. The van der Waals surface area contributed by atoms with Gasteiger partial charge in [0.05, 0.1) is 27.7 Å². The summed E-state index contributed by atoms with van der Waals surface area (Å²) in [6.45, 7) is 2.16. The van der Waals surface area contributed by atoms with Crippen molar-refractivity contribution in [2.24, 2.45) is 0 Å². The van der Waals surface area contributed by atoms with Crippen LogP contribution in [0.5, 0.6) is 0 Å². The summed E-state index contributed by atoms with van der Waals surface area (Å²) in [5, 5.41) is 8.79. The van der Waals surface area contributed by atoms with E-state index in [4.69, 9.17) is 23.6 Å². The van der Waals surface area contributed by atoms with Crippen LogP contribution in [0.2, 0.25) is 0 Å². The molecule has 0 heterocycles. The van der Waals surface area contributed by atoms with Gasteiger partial charge in [-0.05, 0) is 96.3 Å². The largest absolute Gasteiger partial charge is 0.472 e. The molecule has 0 aromatic heterocycles. The van der Waals surface area contributed by atoms with Crippen LogP contribution in [0.1, 0.15) is 122 Å². The first-order valence-electron chi connectivity index (χ1n) is 21.1. The lowest BCUT2D eigenvalue weighted by Crippen LogP contribution is -2.37. The molecule has 0 saturated carbocycles. The summed E-state index contributed by atoms with van der Waals surface area (Å²) in [6, 6.07) is 0. The van der Waals surface area contributed by atoms with Crippen molar-refractivity contribution in [1.29, 1.82) is 0 Å². The van der Waals surface area contributed by atoms with Gasteiger partial charge in [0.25, 0.3) is 0 Å².